The fourth-order valence-corrected chi connectivity index (χ4v) is 2.67. The number of allylic oxidation sites excluding steroid dienone is 5. The molecule has 1 heterocycles. The zero-order valence-electron chi connectivity index (χ0n) is 15.3. The summed E-state index contributed by atoms with van der Waals surface area (Å²) in [6, 6.07) is 0. The highest BCUT2D eigenvalue weighted by molar-refractivity contribution is 5.08. The van der Waals surface area contributed by atoms with Crippen molar-refractivity contribution in [2.45, 2.75) is 91.5 Å². The van der Waals surface area contributed by atoms with Gasteiger partial charge in [-0.2, -0.15) is 0 Å². The molecule has 2 nitrogen and oxygen atoms in total. The van der Waals surface area contributed by atoms with Crippen LogP contribution in [0.3, 0.4) is 0 Å². The quantitative estimate of drug-likeness (QED) is 0.461. The molecule has 0 aliphatic carbocycles. The molecule has 0 radical (unpaired) electrons. The zero-order chi connectivity index (χ0) is 16.8. The molecule has 2 heteroatoms. The Balaban J connectivity index is 2.32. The third-order valence-electron chi connectivity index (χ3n) is 4.19. The van der Waals surface area contributed by atoms with Gasteiger partial charge < -0.3 is 9.84 Å². The number of ether oxygens (including phenoxy) is 1. The number of rotatable bonds is 9. The van der Waals surface area contributed by atoms with Gasteiger partial charge in [0.05, 0.1) is 11.7 Å². The number of hydrogen-bond acceptors (Lipinski definition) is 2. The highest BCUT2D eigenvalue weighted by atomic mass is 16.6. The van der Waals surface area contributed by atoms with Gasteiger partial charge in [0.2, 0.25) is 0 Å². The van der Waals surface area contributed by atoms with E-state index in [4.69, 9.17) is 4.74 Å². The van der Waals surface area contributed by atoms with Gasteiger partial charge in [-0.05, 0) is 73.6 Å². The van der Waals surface area contributed by atoms with E-state index in [9.17, 15) is 5.11 Å². The molecule has 1 rings (SSSR count). The van der Waals surface area contributed by atoms with Gasteiger partial charge >= 0.3 is 0 Å². The maximum absolute atomic E-state index is 10.5. The second-order valence-corrected chi connectivity index (χ2v) is 7.38. The molecule has 1 fully saturated rings. The monoisotopic (exact) mass is 306 g/mol. The van der Waals surface area contributed by atoms with Gasteiger partial charge in [0, 0.05) is 0 Å². The van der Waals surface area contributed by atoms with Crippen molar-refractivity contribution in [3.63, 3.8) is 0 Å². The van der Waals surface area contributed by atoms with Crippen LogP contribution in [0, 0.1) is 0 Å². The lowest BCUT2D eigenvalue weighted by Crippen LogP contribution is -2.32. The van der Waals surface area contributed by atoms with Crippen LogP contribution in [0.25, 0.3) is 0 Å². The number of epoxide rings is 1. The standard InChI is InChI=1S/C20H34O2/c1-15(2)9-7-11-17(5)12-13-18-19(22-18)20(6,21)14-8-10-16(3)4/h9-10,12,18-19,21H,7-8,11,13-14H2,1-6H3/b17-12+. The summed E-state index contributed by atoms with van der Waals surface area (Å²) in [5, 5.41) is 10.5. The van der Waals surface area contributed by atoms with Gasteiger partial charge in [0.15, 0.2) is 0 Å². The smallest absolute Gasteiger partial charge is 0.113 e. The predicted molar refractivity (Wildman–Crippen MR) is 95.0 cm³/mol. The lowest BCUT2D eigenvalue weighted by molar-refractivity contribution is 0.0224. The van der Waals surface area contributed by atoms with Crippen LogP contribution in [0.5, 0.6) is 0 Å². The Morgan fingerprint density at radius 3 is 2.18 bits per heavy atom. The Labute approximate surface area is 137 Å². The van der Waals surface area contributed by atoms with Crippen molar-refractivity contribution in [3.8, 4) is 0 Å². The molecule has 0 saturated carbocycles. The minimum Gasteiger partial charge on any atom is -0.387 e. The second kappa shape index (κ2) is 8.69. The summed E-state index contributed by atoms with van der Waals surface area (Å²) in [4.78, 5) is 0. The fraction of sp³-hybridized carbons (Fsp3) is 0.700. The molecular formula is C20H34O2. The zero-order valence-corrected chi connectivity index (χ0v) is 15.3. The predicted octanol–water partition coefficient (Wildman–Crippen LogP) is 5.33. The van der Waals surface area contributed by atoms with Gasteiger partial charge in [-0.1, -0.05) is 34.9 Å². The topological polar surface area (TPSA) is 32.8 Å². The summed E-state index contributed by atoms with van der Waals surface area (Å²) in [6.07, 6.45) is 11.8. The maximum Gasteiger partial charge on any atom is 0.113 e. The summed E-state index contributed by atoms with van der Waals surface area (Å²) < 4.78 is 5.71. The van der Waals surface area contributed by atoms with Crippen molar-refractivity contribution in [1.82, 2.24) is 0 Å². The average Bonchev–Trinajstić information content (AvgIpc) is 3.15. The lowest BCUT2D eigenvalue weighted by Gasteiger charge is -2.20. The molecule has 1 N–H and O–H groups in total. The molecule has 22 heavy (non-hydrogen) atoms. The summed E-state index contributed by atoms with van der Waals surface area (Å²) >= 11 is 0. The normalized spacial score (nSPS) is 23.7. The summed E-state index contributed by atoms with van der Waals surface area (Å²) in [5.41, 5.74) is 3.39. The Morgan fingerprint density at radius 2 is 1.59 bits per heavy atom. The second-order valence-electron chi connectivity index (χ2n) is 7.38. The van der Waals surface area contributed by atoms with E-state index in [1.165, 1.54) is 16.7 Å². The van der Waals surface area contributed by atoms with Crippen LogP contribution in [0.2, 0.25) is 0 Å². The summed E-state index contributed by atoms with van der Waals surface area (Å²) in [6.45, 7) is 12.5. The van der Waals surface area contributed by atoms with E-state index >= 15 is 0 Å². The van der Waals surface area contributed by atoms with Crippen molar-refractivity contribution in [2.24, 2.45) is 0 Å². The molecule has 0 aromatic heterocycles. The van der Waals surface area contributed by atoms with E-state index in [1.807, 2.05) is 6.92 Å². The van der Waals surface area contributed by atoms with E-state index in [-0.39, 0.29) is 12.2 Å². The molecule has 0 aromatic carbocycles. The third-order valence-corrected chi connectivity index (χ3v) is 4.19. The SMILES string of the molecule is CC(C)=CCC/C(C)=C/CC1OC1C(C)(O)CCC=C(C)C. The van der Waals surface area contributed by atoms with Crippen molar-refractivity contribution >= 4 is 0 Å². The van der Waals surface area contributed by atoms with Crippen LogP contribution in [0.4, 0.5) is 0 Å². The average molecular weight is 306 g/mol. The molecule has 3 unspecified atom stereocenters. The summed E-state index contributed by atoms with van der Waals surface area (Å²) in [5.74, 6) is 0. The Kier molecular flexibility index (Phi) is 7.58. The van der Waals surface area contributed by atoms with Crippen LogP contribution < -0.4 is 0 Å². The largest absolute Gasteiger partial charge is 0.387 e. The van der Waals surface area contributed by atoms with Crippen molar-refractivity contribution in [2.75, 3.05) is 0 Å². The van der Waals surface area contributed by atoms with E-state index < -0.39 is 5.60 Å². The van der Waals surface area contributed by atoms with E-state index in [1.54, 1.807) is 0 Å². The van der Waals surface area contributed by atoms with E-state index in [0.717, 1.165) is 32.1 Å². The van der Waals surface area contributed by atoms with Crippen LogP contribution >= 0.6 is 0 Å². The maximum atomic E-state index is 10.5. The molecule has 0 spiro atoms. The van der Waals surface area contributed by atoms with Crippen molar-refractivity contribution in [3.05, 3.63) is 34.9 Å². The highest BCUT2D eigenvalue weighted by Crippen LogP contribution is 2.37. The van der Waals surface area contributed by atoms with Crippen LogP contribution in [0.1, 0.15) is 73.6 Å². The lowest BCUT2D eigenvalue weighted by atomic mass is 9.92. The van der Waals surface area contributed by atoms with Crippen molar-refractivity contribution < 1.29 is 9.84 Å². The molecule has 3 atom stereocenters. The number of aliphatic hydroxyl groups is 1. The summed E-state index contributed by atoms with van der Waals surface area (Å²) in [7, 11) is 0. The Hall–Kier alpha value is -0.860. The molecule has 126 valence electrons. The molecule has 1 saturated heterocycles. The van der Waals surface area contributed by atoms with Crippen LogP contribution in [0.15, 0.2) is 34.9 Å². The minimum absolute atomic E-state index is 0.0000978. The first-order chi connectivity index (χ1) is 10.2. The van der Waals surface area contributed by atoms with Crippen LogP contribution in [-0.4, -0.2) is 22.9 Å². The van der Waals surface area contributed by atoms with E-state index in [2.05, 4.69) is 52.8 Å². The van der Waals surface area contributed by atoms with Crippen molar-refractivity contribution in [1.29, 1.82) is 0 Å². The van der Waals surface area contributed by atoms with Gasteiger partial charge in [-0.15, -0.1) is 0 Å². The molecule has 0 amide bonds. The highest BCUT2D eigenvalue weighted by Gasteiger charge is 2.50. The van der Waals surface area contributed by atoms with Gasteiger partial charge in [-0.25, -0.2) is 0 Å². The first-order valence-corrected chi connectivity index (χ1v) is 8.52. The molecule has 1 aliphatic rings. The Morgan fingerprint density at radius 1 is 1.00 bits per heavy atom. The van der Waals surface area contributed by atoms with Gasteiger partial charge in [-0.3, -0.25) is 0 Å². The Bertz CT molecular complexity index is 433. The number of hydrogen-bond donors (Lipinski definition) is 1. The van der Waals surface area contributed by atoms with Crippen LogP contribution in [-0.2, 0) is 4.74 Å². The molecular weight excluding hydrogens is 272 g/mol. The molecule has 1 aliphatic heterocycles. The first kappa shape index (κ1) is 19.2. The van der Waals surface area contributed by atoms with E-state index in [0.29, 0.717) is 0 Å². The van der Waals surface area contributed by atoms with Gasteiger partial charge in [0.25, 0.3) is 0 Å². The third kappa shape index (κ3) is 7.42. The fourth-order valence-electron chi connectivity index (χ4n) is 2.67. The first-order valence-electron chi connectivity index (χ1n) is 8.52. The molecule has 0 bridgehead atoms. The van der Waals surface area contributed by atoms with Gasteiger partial charge in [0.1, 0.15) is 6.10 Å². The minimum atomic E-state index is -0.708. The molecule has 0 aromatic rings.